The van der Waals surface area contributed by atoms with E-state index in [9.17, 15) is 0 Å². The van der Waals surface area contributed by atoms with E-state index in [4.69, 9.17) is 0 Å². The zero-order valence-corrected chi connectivity index (χ0v) is 11.2. The number of benzene rings is 1. The number of hydrogen-bond acceptors (Lipinski definition) is 2. The van der Waals surface area contributed by atoms with Crippen LogP contribution in [0.1, 0.15) is 19.3 Å². The Kier molecular flexibility index (Phi) is 3.36. The molecule has 1 aliphatic carbocycles. The van der Waals surface area contributed by atoms with Gasteiger partial charge in [0.15, 0.2) is 0 Å². The molecule has 2 aromatic rings. The van der Waals surface area contributed by atoms with E-state index < -0.39 is 0 Å². The first-order valence-corrected chi connectivity index (χ1v) is 6.84. The van der Waals surface area contributed by atoms with Crippen LogP contribution >= 0.6 is 0 Å². The first-order valence-electron chi connectivity index (χ1n) is 6.84. The van der Waals surface area contributed by atoms with Crippen LogP contribution in [0.3, 0.4) is 0 Å². The van der Waals surface area contributed by atoms with Crippen LogP contribution in [0.2, 0.25) is 0 Å². The molecule has 1 atom stereocenters. The zero-order chi connectivity index (χ0) is 13.1. The highest BCUT2D eigenvalue weighted by Gasteiger charge is 2.13. The second-order valence-corrected chi connectivity index (χ2v) is 5.03. The highest BCUT2D eigenvalue weighted by Crippen LogP contribution is 2.23. The predicted molar refractivity (Wildman–Crippen MR) is 79.0 cm³/mol. The van der Waals surface area contributed by atoms with Gasteiger partial charge in [0.1, 0.15) is 5.82 Å². The maximum Gasteiger partial charge on any atom is 0.124 e. The van der Waals surface area contributed by atoms with Crippen LogP contribution < -0.4 is 5.32 Å². The van der Waals surface area contributed by atoms with Gasteiger partial charge in [0.05, 0.1) is 5.69 Å². The normalized spacial score (nSPS) is 18.5. The quantitative estimate of drug-likeness (QED) is 0.847. The van der Waals surface area contributed by atoms with Gasteiger partial charge in [0, 0.05) is 24.7 Å². The lowest BCUT2D eigenvalue weighted by molar-refractivity contribution is 0.631. The summed E-state index contributed by atoms with van der Waals surface area (Å²) in [5, 5.41) is 8.17. The van der Waals surface area contributed by atoms with Gasteiger partial charge in [-0.05, 0) is 19.3 Å². The molecule has 1 unspecified atom stereocenters. The lowest BCUT2D eigenvalue weighted by atomic mass is 10.0. The molecule has 3 rings (SSSR count). The highest BCUT2D eigenvalue weighted by atomic mass is 15.3. The first kappa shape index (κ1) is 12.0. The zero-order valence-electron chi connectivity index (χ0n) is 11.2. The molecule has 0 radical (unpaired) electrons. The number of allylic oxidation sites excluding steroid dienone is 1. The number of hydrogen-bond donors (Lipinski definition) is 1. The van der Waals surface area contributed by atoms with Gasteiger partial charge in [-0.2, -0.15) is 5.10 Å². The molecular formula is C16H19N3. The number of anilines is 1. The van der Waals surface area contributed by atoms with Crippen LogP contribution in [0.25, 0.3) is 11.3 Å². The minimum atomic E-state index is 0.532. The minimum Gasteiger partial charge on any atom is -0.367 e. The van der Waals surface area contributed by atoms with Crippen molar-refractivity contribution < 1.29 is 0 Å². The van der Waals surface area contributed by atoms with Crippen molar-refractivity contribution in [1.82, 2.24) is 9.78 Å². The van der Waals surface area contributed by atoms with Crippen LogP contribution in [0.5, 0.6) is 0 Å². The van der Waals surface area contributed by atoms with E-state index in [2.05, 4.69) is 40.8 Å². The van der Waals surface area contributed by atoms with Crippen molar-refractivity contribution in [2.24, 2.45) is 7.05 Å². The topological polar surface area (TPSA) is 29.9 Å². The standard InChI is InChI=1S/C16H19N3/c1-19-16(17-14-10-6-3-7-11-14)12-15(18-19)13-8-4-2-5-9-13/h2-6,8-9,12,14,17H,7,10-11H2,1H3. The van der Waals surface area contributed by atoms with Crippen LogP contribution in [0, 0.1) is 0 Å². The van der Waals surface area contributed by atoms with Crippen LogP contribution in [0.15, 0.2) is 48.6 Å². The number of nitrogens with zero attached hydrogens (tertiary/aromatic N) is 2. The molecule has 3 nitrogen and oxygen atoms in total. The summed E-state index contributed by atoms with van der Waals surface area (Å²) in [6.07, 6.45) is 7.99. The van der Waals surface area contributed by atoms with Gasteiger partial charge in [-0.25, -0.2) is 0 Å². The highest BCUT2D eigenvalue weighted by molar-refractivity contribution is 5.63. The molecule has 0 amide bonds. The molecule has 1 N–H and O–H groups in total. The summed E-state index contributed by atoms with van der Waals surface area (Å²) in [5.41, 5.74) is 2.19. The van der Waals surface area contributed by atoms with Gasteiger partial charge in [0.25, 0.3) is 0 Å². The van der Waals surface area contributed by atoms with Crippen LogP contribution in [0.4, 0.5) is 5.82 Å². The van der Waals surface area contributed by atoms with E-state index in [1.165, 1.54) is 12.8 Å². The Morgan fingerprint density at radius 2 is 2.05 bits per heavy atom. The van der Waals surface area contributed by atoms with Crippen molar-refractivity contribution in [2.75, 3.05) is 5.32 Å². The van der Waals surface area contributed by atoms with E-state index in [-0.39, 0.29) is 0 Å². The van der Waals surface area contributed by atoms with Crippen LogP contribution in [-0.4, -0.2) is 15.8 Å². The van der Waals surface area contributed by atoms with E-state index in [0.29, 0.717) is 6.04 Å². The molecule has 19 heavy (non-hydrogen) atoms. The summed E-state index contributed by atoms with van der Waals surface area (Å²) in [5.74, 6) is 1.10. The summed E-state index contributed by atoms with van der Waals surface area (Å²) >= 11 is 0. The molecule has 1 aromatic heterocycles. The average molecular weight is 253 g/mol. The molecule has 0 spiro atoms. The van der Waals surface area contributed by atoms with Gasteiger partial charge in [-0.15, -0.1) is 0 Å². The van der Waals surface area contributed by atoms with Gasteiger partial charge in [0.2, 0.25) is 0 Å². The van der Waals surface area contributed by atoms with Crippen molar-refractivity contribution in [3.8, 4) is 11.3 Å². The van der Waals surface area contributed by atoms with E-state index >= 15 is 0 Å². The minimum absolute atomic E-state index is 0.532. The third-order valence-electron chi connectivity index (χ3n) is 3.57. The fourth-order valence-electron chi connectivity index (χ4n) is 2.49. The van der Waals surface area contributed by atoms with Crippen molar-refractivity contribution in [2.45, 2.75) is 25.3 Å². The number of rotatable bonds is 3. The maximum absolute atomic E-state index is 4.58. The van der Waals surface area contributed by atoms with Crippen molar-refractivity contribution in [3.05, 3.63) is 48.6 Å². The Hall–Kier alpha value is -2.03. The fraction of sp³-hybridized carbons (Fsp3) is 0.312. The van der Waals surface area contributed by atoms with E-state index in [0.717, 1.165) is 23.5 Å². The number of aryl methyl sites for hydroxylation is 1. The SMILES string of the molecule is Cn1nc(-c2ccccc2)cc1NC1CC=CCC1. The Labute approximate surface area is 114 Å². The third kappa shape index (κ3) is 2.70. The second kappa shape index (κ2) is 5.31. The summed E-state index contributed by atoms with van der Waals surface area (Å²) in [7, 11) is 1.99. The molecule has 98 valence electrons. The monoisotopic (exact) mass is 253 g/mol. The molecule has 1 aromatic carbocycles. The molecule has 0 bridgehead atoms. The summed E-state index contributed by atoms with van der Waals surface area (Å²) in [6.45, 7) is 0. The fourth-order valence-corrected chi connectivity index (χ4v) is 2.49. The summed E-state index contributed by atoms with van der Waals surface area (Å²) in [4.78, 5) is 0. The van der Waals surface area contributed by atoms with E-state index in [1.807, 2.05) is 29.9 Å². The number of aromatic nitrogens is 2. The summed E-state index contributed by atoms with van der Waals surface area (Å²) in [6, 6.07) is 13.0. The molecule has 1 aliphatic rings. The molecular weight excluding hydrogens is 234 g/mol. The van der Waals surface area contributed by atoms with Gasteiger partial charge < -0.3 is 5.32 Å². The Bertz CT molecular complexity index is 569. The molecule has 0 saturated carbocycles. The Balaban J connectivity index is 1.79. The lowest BCUT2D eigenvalue weighted by Crippen LogP contribution is -2.21. The van der Waals surface area contributed by atoms with Gasteiger partial charge >= 0.3 is 0 Å². The van der Waals surface area contributed by atoms with Crippen molar-refractivity contribution >= 4 is 5.82 Å². The Morgan fingerprint density at radius 1 is 1.21 bits per heavy atom. The molecule has 0 fully saturated rings. The van der Waals surface area contributed by atoms with Gasteiger partial charge in [-0.3, -0.25) is 4.68 Å². The van der Waals surface area contributed by atoms with Crippen LogP contribution in [-0.2, 0) is 7.05 Å². The smallest absolute Gasteiger partial charge is 0.124 e. The maximum atomic E-state index is 4.58. The van der Waals surface area contributed by atoms with Crippen molar-refractivity contribution in [1.29, 1.82) is 0 Å². The second-order valence-electron chi connectivity index (χ2n) is 5.03. The van der Waals surface area contributed by atoms with Gasteiger partial charge in [-0.1, -0.05) is 42.5 Å². The molecule has 0 saturated heterocycles. The first-order chi connectivity index (χ1) is 9.33. The molecule has 0 aliphatic heterocycles. The number of nitrogens with one attached hydrogen (secondary N) is 1. The summed E-state index contributed by atoms with van der Waals surface area (Å²) < 4.78 is 1.93. The average Bonchev–Trinajstić information content (AvgIpc) is 2.82. The third-order valence-corrected chi connectivity index (χ3v) is 3.57. The Morgan fingerprint density at radius 3 is 2.79 bits per heavy atom. The largest absolute Gasteiger partial charge is 0.367 e. The van der Waals surface area contributed by atoms with E-state index in [1.54, 1.807) is 0 Å². The predicted octanol–water partition coefficient (Wildman–Crippen LogP) is 3.61. The molecule has 1 heterocycles. The van der Waals surface area contributed by atoms with Crippen molar-refractivity contribution in [3.63, 3.8) is 0 Å². The lowest BCUT2D eigenvalue weighted by Gasteiger charge is -2.20. The molecule has 3 heteroatoms.